The fraction of sp³-hybridized carbons (Fsp3) is 0.467. The average molecular weight is 291 g/mol. The van der Waals surface area contributed by atoms with Crippen molar-refractivity contribution in [1.29, 1.82) is 0 Å². The summed E-state index contributed by atoms with van der Waals surface area (Å²) in [4.78, 5) is 24.1. The summed E-state index contributed by atoms with van der Waals surface area (Å²) in [6, 6.07) is 5.85. The van der Waals surface area contributed by atoms with Crippen LogP contribution in [0.5, 0.6) is 5.75 Å². The molecule has 1 aliphatic rings. The number of ether oxygens (including phenoxy) is 1. The maximum Gasteiger partial charge on any atom is 0.324 e. The van der Waals surface area contributed by atoms with Crippen LogP contribution in [0.3, 0.4) is 0 Å². The molecule has 0 radical (unpaired) electrons. The SMILES string of the molecule is COc1ccc([C@@H](C)NCCN2C(=O)CNC2=O)cc1C. The molecule has 0 aromatic heterocycles. The number of aryl methyl sites for hydroxylation is 1. The zero-order chi connectivity index (χ0) is 15.4. The van der Waals surface area contributed by atoms with Gasteiger partial charge in [0.1, 0.15) is 5.75 Å². The average Bonchev–Trinajstić information content (AvgIpc) is 2.78. The molecule has 1 heterocycles. The molecule has 3 amide bonds. The third kappa shape index (κ3) is 3.52. The van der Waals surface area contributed by atoms with Crippen molar-refractivity contribution in [1.82, 2.24) is 15.5 Å². The normalized spacial score (nSPS) is 16.0. The summed E-state index contributed by atoms with van der Waals surface area (Å²) in [6.07, 6.45) is 0. The summed E-state index contributed by atoms with van der Waals surface area (Å²) in [7, 11) is 1.65. The monoisotopic (exact) mass is 291 g/mol. The third-order valence-corrected chi connectivity index (χ3v) is 3.64. The second-order valence-electron chi connectivity index (χ2n) is 5.11. The van der Waals surface area contributed by atoms with Gasteiger partial charge in [-0.3, -0.25) is 9.69 Å². The minimum atomic E-state index is -0.310. The zero-order valence-corrected chi connectivity index (χ0v) is 12.6. The number of hydrogen-bond acceptors (Lipinski definition) is 4. The topological polar surface area (TPSA) is 70.7 Å². The summed E-state index contributed by atoms with van der Waals surface area (Å²) in [5.74, 6) is 0.694. The quantitative estimate of drug-likeness (QED) is 0.773. The fourth-order valence-corrected chi connectivity index (χ4v) is 2.36. The van der Waals surface area contributed by atoms with Crippen LogP contribution in [0.2, 0.25) is 0 Å². The van der Waals surface area contributed by atoms with E-state index >= 15 is 0 Å². The summed E-state index contributed by atoms with van der Waals surface area (Å²) < 4.78 is 5.24. The molecule has 2 N–H and O–H groups in total. The number of rotatable bonds is 6. The lowest BCUT2D eigenvalue weighted by atomic mass is 10.1. The maximum absolute atomic E-state index is 11.4. The molecule has 1 fully saturated rings. The number of carbonyl (C=O) groups is 2. The lowest BCUT2D eigenvalue weighted by Gasteiger charge is -2.18. The van der Waals surface area contributed by atoms with Gasteiger partial charge in [-0.25, -0.2) is 4.79 Å². The molecule has 0 unspecified atom stereocenters. The van der Waals surface area contributed by atoms with Gasteiger partial charge in [-0.2, -0.15) is 0 Å². The van der Waals surface area contributed by atoms with E-state index in [1.807, 2.05) is 26.0 Å². The molecule has 1 aliphatic heterocycles. The van der Waals surface area contributed by atoms with Crippen molar-refractivity contribution in [2.75, 3.05) is 26.7 Å². The van der Waals surface area contributed by atoms with Crippen molar-refractivity contribution in [3.05, 3.63) is 29.3 Å². The van der Waals surface area contributed by atoms with E-state index < -0.39 is 0 Å². The Balaban J connectivity index is 1.87. The zero-order valence-electron chi connectivity index (χ0n) is 12.6. The van der Waals surface area contributed by atoms with Crippen LogP contribution in [0.15, 0.2) is 18.2 Å². The van der Waals surface area contributed by atoms with Gasteiger partial charge in [0, 0.05) is 19.1 Å². The number of amides is 3. The highest BCUT2D eigenvalue weighted by Gasteiger charge is 2.27. The van der Waals surface area contributed by atoms with Crippen LogP contribution in [0.25, 0.3) is 0 Å². The Morgan fingerprint density at radius 3 is 2.76 bits per heavy atom. The predicted octanol–water partition coefficient (Wildman–Crippen LogP) is 1.21. The number of carbonyl (C=O) groups excluding carboxylic acids is 2. The van der Waals surface area contributed by atoms with E-state index in [4.69, 9.17) is 4.74 Å². The molecule has 0 aliphatic carbocycles. The van der Waals surface area contributed by atoms with E-state index in [0.717, 1.165) is 16.9 Å². The van der Waals surface area contributed by atoms with E-state index in [0.29, 0.717) is 13.1 Å². The van der Waals surface area contributed by atoms with Crippen molar-refractivity contribution in [2.24, 2.45) is 0 Å². The molecule has 1 aromatic carbocycles. The molecule has 6 heteroatoms. The number of imide groups is 1. The Bertz CT molecular complexity index is 529. The maximum atomic E-state index is 11.4. The Labute approximate surface area is 124 Å². The molecular formula is C15H21N3O3. The molecule has 0 bridgehead atoms. The smallest absolute Gasteiger partial charge is 0.324 e. The van der Waals surface area contributed by atoms with Crippen LogP contribution in [0, 0.1) is 6.92 Å². The van der Waals surface area contributed by atoms with Gasteiger partial charge < -0.3 is 15.4 Å². The molecule has 0 saturated carbocycles. The Morgan fingerprint density at radius 1 is 1.43 bits per heavy atom. The minimum Gasteiger partial charge on any atom is -0.496 e. The van der Waals surface area contributed by atoms with Gasteiger partial charge in [0.25, 0.3) is 0 Å². The first-order valence-corrected chi connectivity index (χ1v) is 6.99. The van der Waals surface area contributed by atoms with E-state index in [-0.39, 0.29) is 24.5 Å². The second-order valence-corrected chi connectivity index (χ2v) is 5.11. The standard InChI is InChI=1S/C15H21N3O3/c1-10-8-12(4-5-13(10)21-3)11(2)16-6-7-18-14(19)9-17-15(18)20/h4-5,8,11,16H,6-7,9H2,1-3H3,(H,17,20)/t11-/m1/s1. The minimum absolute atomic E-state index is 0.103. The molecule has 1 aromatic rings. The summed E-state index contributed by atoms with van der Waals surface area (Å²) in [5.41, 5.74) is 2.23. The van der Waals surface area contributed by atoms with E-state index in [2.05, 4.69) is 16.7 Å². The molecule has 21 heavy (non-hydrogen) atoms. The summed E-state index contributed by atoms with van der Waals surface area (Å²) >= 11 is 0. The predicted molar refractivity (Wildman–Crippen MR) is 79.3 cm³/mol. The van der Waals surface area contributed by atoms with E-state index in [1.54, 1.807) is 7.11 Å². The lowest BCUT2D eigenvalue weighted by Crippen LogP contribution is -2.37. The van der Waals surface area contributed by atoms with Crippen LogP contribution < -0.4 is 15.4 Å². The van der Waals surface area contributed by atoms with Crippen molar-refractivity contribution in [3.8, 4) is 5.75 Å². The largest absolute Gasteiger partial charge is 0.496 e. The third-order valence-electron chi connectivity index (χ3n) is 3.64. The molecule has 114 valence electrons. The summed E-state index contributed by atoms with van der Waals surface area (Å²) in [5, 5.41) is 5.82. The van der Waals surface area contributed by atoms with Gasteiger partial charge in [-0.05, 0) is 31.0 Å². The number of hydrogen-bond donors (Lipinski definition) is 2. The van der Waals surface area contributed by atoms with Gasteiger partial charge in [-0.1, -0.05) is 12.1 Å². The van der Waals surface area contributed by atoms with Crippen molar-refractivity contribution in [2.45, 2.75) is 19.9 Å². The first-order valence-electron chi connectivity index (χ1n) is 6.99. The summed E-state index contributed by atoms with van der Waals surface area (Å²) in [6.45, 7) is 5.09. The molecule has 1 saturated heterocycles. The van der Waals surface area contributed by atoms with Gasteiger partial charge in [-0.15, -0.1) is 0 Å². The number of nitrogens with zero attached hydrogens (tertiary/aromatic N) is 1. The van der Waals surface area contributed by atoms with Gasteiger partial charge in [0.05, 0.1) is 13.7 Å². The van der Waals surface area contributed by atoms with Gasteiger partial charge in [0.15, 0.2) is 0 Å². The number of benzene rings is 1. The van der Waals surface area contributed by atoms with E-state index in [1.165, 1.54) is 4.90 Å². The van der Waals surface area contributed by atoms with Crippen molar-refractivity contribution >= 4 is 11.9 Å². The first-order chi connectivity index (χ1) is 10.0. The molecule has 1 atom stereocenters. The van der Waals surface area contributed by atoms with Gasteiger partial charge >= 0.3 is 6.03 Å². The van der Waals surface area contributed by atoms with E-state index in [9.17, 15) is 9.59 Å². The molecule has 0 spiro atoms. The Hall–Kier alpha value is -2.08. The first kappa shape index (κ1) is 15.3. The fourth-order valence-electron chi connectivity index (χ4n) is 2.36. The highest BCUT2D eigenvalue weighted by molar-refractivity contribution is 6.01. The lowest BCUT2D eigenvalue weighted by molar-refractivity contribution is -0.124. The highest BCUT2D eigenvalue weighted by atomic mass is 16.5. The Morgan fingerprint density at radius 2 is 2.19 bits per heavy atom. The number of urea groups is 1. The number of methoxy groups -OCH3 is 1. The molecular weight excluding hydrogens is 270 g/mol. The van der Waals surface area contributed by atoms with Crippen LogP contribution in [-0.4, -0.2) is 43.6 Å². The molecule has 6 nitrogen and oxygen atoms in total. The van der Waals surface area contributed by atoms with Crippen molar-refractivity contribution < 1.29 is 14.3 Å². The number of nitrogens with one attached hydrogen (secondary N) is 2. The molecule has 2 rings (SSSR count). The second kappa shape index (κ2) is 6.58. The van der Waals surface area contributed by atoms with Crippen LogP contribution in [-0.2, 0) is 4.79 Å². The van der Waals surface area contributed by atoms with Crippen LogP contribution in [0.1, 0.15) is 24.1 Å². The van der Waals surface area contributed by atoms with Crippen LogP contribution >= 0.6 is 0 Å². The van der Waals surface area contributed by atoms with Gasteiger partial charge in [0.2, 0.25) is 5.91 Å². The Kier molecular flexibility index (Phi) is 4.80. The van der Waals surface area contributed by atoms with Crippen molar-refractivity contribution in [3.63, 3.8) is 0 Å². The van der Waals surface area contributed by atoms with Crippen LogP contribution in [0.4, 0.5) is 4.79 Å². The highest BCUT2D eigenvalue weighted by Crippen LogP contribution is 2.22.